The van der Waals surface area contributed by atoms with Crippen molar-refractivity contribution in [3.05, 3.63) is 0 Å². The van der Waals surface area contributed by atoms with Gasteiger partial charge in [-0.15, -0.1) is 0 Å². The maximum Gasteiger partial charge on any atom is 0.0708 e. The predicted molar refractivity (Wildman–Crippen MR) is 44.7 cm³/mol. The summed E-state index contributed by atoms with van der Waals surface area (Å²) in [6.45, 7) is 2.13. The molecule has 0 aromatic rings. The van der Waals surface area contributed by atoms with E-state index >= 15 is 0 Å². The SMILES string of the molecule is CCCCC(=S)[C]=S. The van der Waals surface area contributed by atoms with Gasteiger partial charge in [0.1, 0.15) is 0 Å². The number of unbranched alkanes of at least 4 members (excludes halogenated alkanes) is 1. The van der Waals surface area contributed by atoms with E-state index in [0.29, 0.717) is 0 Å². The molecule has 0 saturated carbocycles. The molecule has 0 aliphatic rings. The maximum atomic E-state index is 4.81. The Labute approximate surface area is 61.3 Å². The van der Waals surface area contributed by atoms with Gasteiger partial charge in [-0.1, -0.05) is 37.8 Å². The first-order valence-electron chi connectivity index (χ1n) is 2.72. The quantitative estimate of drug-likeness (QED) is 0.557. The van der Waals surface area contributed by atoms with Gasteiger partial charge in [0.05, 0.1) is 5.37 Å². The van der Waals surface area contributed by atoms with Crippen molar-refractivity contribution < 1.29 is 0 Å². The van der Waals surface area contributed by atoms with Crippen molar-refractivity contribution in [3.63, 3.8) is 0 Å². The molecule has 0 bridgehead atoms. The van der Waals surface area contributed by atoms with Crippen LogP contribution in [0.25, 0.3) is 0 Å². The van der Waals surface area contributed by atoms with Gasteiger partial charge < -0.3 is 0 Å². The lowest BCUT2D eigenvalue weighted by atomic mass is 10.2. The van der Waals surface area contributed by atoms with Crippen LogP contribution in [0.1, 0.15) is 26.2 Å². The molecule has 0 atom stereocenters. The van der Waals surface area contributed by atoms with Gasteiger partial charge in [0.15, 0.2) is 0 Å². The van der Waals surface area contributed by atoms with E-state index in [-0.39, 0.29) is 0 Å². The molecule has 0 fully saturated rings. The smallest absolute Gasteiger partial charge is 0.0708 e. The molecule has 0 saturated heterocycles. The van der Waals surface area contributed by atoms with Crippen LogP contribution >= 0.6 is 24.4 Å². The zero-order valence-electron chi connectivity index (χ0n) is 4.94. The molecular weight excluding hydrogens is 136 g/mol. The fourth-order valence-corrected chi connectivity index (χ4v) is 0.635. The molecule has 0 aliphatic heterocycles. The van der Waals surface area contributed by atoms with Gasteiger partial charge in [-0.25, -0.2) is 0 Å². The van der Waals surface area contributed by atoms with Gasteiger partial charge in [0.2, 0.25) is 0 Å². The van der Waals surface area contributed by atoms with Crippen molar-refractivity contribution in [1.29, 1.82) is 0 Å². The molecule has 0 unspecified atom stereocenters. The summed E-state index contributed by atoms with van der Waals surface area (Å²) in [6.07, 6.45) is 3.26. The summed E-state index contributed by atoms with van der Waals surface area (Å²) in [7, 11) is 0. The molecule has 0 N–H and O–H groups in total. The van der Waals surface area contributed by atoms with Gasteiger partial charge in [0.25, 0.3) is 0 Å². The fraction of sp³-hybridized carbons (Fsp3) is 0.667. The first-order valence-corrected chi connectivity index (χ1v) is 3.54. The van der Waals surface area contributed by atoms with Crippen LogP contribution in [0.4, 0.5) is 0 Å². The molecule has 8 heavy (non-hydrogen) atoms. The summed E-state index contributed by atoms with van der Waals surface area (Å²) in [4.78, 5) is 0.793. The highest BCUT2D eigenvalue weighted by Crippen LogP contribution is 1.94. The largest absolute Gasteiger partial charge is 0.0833 e. The van der Waals surface area contributed by atoms with E-state index in [1.54, 1.807) is 0 Å². The van der Waals surface area contributed by atoms with E-state index in [1.165, 1.54) is 6.42 Å². The second-order valence-electron chi connectivity index (χ2n) is 1.63. The highest BCUT2D eigenvalue weighted by atomic mass is 32.1. The predicted octanol–water partition coefficient (Wildman–Crippen LogP) is 2.42. The number of hydrogen-bond donors (Lipinski definition) is 0. The Kier molecular flexibility index (Phi) is 5.44. The first-order chi connectivity index (χ1) is 3.81. The van der Waals surface area contributed by atoms with Crippen LogP contribution in [-0.2, 0) is 0 Å². The van der Waals surface area contributed by atoms with Gasteiger partial charge in [-0.3, -0.25) is 0 Å². The van der Waals surface area contributed by atoms with Crippen molar-refractivity contribution in [3.8, 4) is 0 Å². The number of hydrogen-bond acceptors (Lipinski definition) is 2. The average molecular weight is 145 g/mol. The third-order valence-corrected chi connectivity index (χ3v) is 1.55. The van der Waals surface area contributed by atoms with E-state index in [4.69, 9.17) is 12.2 Å². The standard InChI is InChI=1S/C6H9S2/c1-2-3-4-6(8)5-7/h2-4H2,1H3. The van der Waals surface area contributed by atoms with Crippen LogP contribution in [0.2, 0.25) is 0 Å². The van der Waals surface area contributed by atoms with E-state index in [9.17, 15) is 0 Å². The Hall–Kier alpha value is 0.180. The Bertz CT molecular complexity index is 86.5. The summed E-state index contributed by atoms with van der Waals surface area (Å²) in [5.74, 6) is 0. The molecule has 0 aromatic heterocycles. The topological polar surface area (TPSA) is 0 Å². The van der Waals surface area contributed by atoms with Crippen LogP contribution in [-0.4, -0.2) is 10.2 Å². The summed E-state index contributed by atoms with van der Waals surface area (Å²) in [5, 5.41) is 2.51. The summed E-state index contributed by atoms with van der Waals surface area (Å²) >= 11 is 9.30. The van der Waals surface area contributed by atoms with Crippen molar-refractivity contribution in [1.82, 2.24) is 0 Å². The lowest BCUT2D eigenvalue weighted by Gasteiger charge is -1.89. The molecule has 45 valence electrons. The maximum absolute atomic E-state index is 4.81. The zero-order valence-corrected chi connectivity index (χ0v) is 6.57. The molecule has 0 amide bonds. The summed E-state index contributed by atoms with van der Waals surface area (Å²) < 4.78 is 0. The second-order valence-corrected chi connectivity index (χ2v) is 2.33. The lowest BCUT2D eigenvalue weighted by molar-refractivity contribution is 0.844. The monoisotopic (exact) mass is 145 g/mol. The van der Waals surface area contributed by atoms with E-state index in [0.717, 1.165) is 17.7 Å². The van der Waals surface area contributed by atoms with E-state index < -0.39 is 0 Å². The van der Waals surface area contributed by atoms with E-state index in [2.05, 4.69) is 24.5 Å². The van der Waals surface area contributed by atoms with Gasteiger partial charge >= 0.3 is 0 Å². The molecule has 0 aromatic carbocycles. The molecule has 2 heteroatoms. The minimum absolute atomic E-state index is 0.793. The van der Waals surface area contributed by atoms with Crippen molar-refractivity contribution in [2.75, 3.05) is 0 Å². The summed E-state index contributed by atoms with van der Waals surface area (Å²) in [5.41, 5.74) is 0. The third kappa shape index (κ3) is 4.34. The Morgan fingerprint density at radius 3 is 2.62 bits per heavy atom. The van der Waals surface area contributed by atoms with Crippen LogP contribution in [0.5, 0.6) is 0 Å². The Balaban J connectivity index is 3.11. The van der Waals surface area contributed by atoms with Gasteiger partial charge in [-0.2, -0.15) is 0 Å². The second kappa shape index (κ2) is 5.32. The van der Waals surface area contributed by atoms with Crippen LogP contribution in [0, 0.1) is 0 Å². The van der Waals surface area contributed by atoms with Crippen molar-refractivity contribution in [2.45, 2.75) is 26.2 Å². The van der Waals surface area contributed by atoms with Gasteiger partial charge in [0, 0.05) is 4.86 Å². The normalized spacial score (nSPS) is 8.62. The lowest BCUT2D eigenvalue weighted by Crippen LogP contribution is -1.91. The average Bonchev–Trinajstić information content (AvgIpc) is 1.83. The number of thiocarbonyl (C=S) groups is 2. The summed E-state index contributed by atoms with van der Waals surface area (Å²) in [6, 6.07) is 0. The highest BCUT2D eigenvalue weighted by Gasteiger charge is 1.88. The van der Waals surface area contributed by atoms with Gasteiger partial charge in [-0.05, 0) is 12.8 Å². The van der Waals surface area contributed by atoms with Crippen LogP contribution in [0.3, 0.4) is 0 Å². The molecule has 0 spiro atoms. The minimum atomic E-state index is 0.793. The molecule has 0 rings (SSSR count). The zero-order chi connectivity index (χ0) is 6.41. The minimum Gasteiger partial charge on any atom is -0.0833 e. The van der Waals surface area contributed by atoms with E-state index in [1.807, 2.05) is 0 Å². The number of rotatable bonds is 4. The highest BCUT2D eigenvalue weighted by molar-refractivity contribution is 7.88. The van der Waals surface area contributed by atoms with Crippen molar-refractivity contribution in [2.24, 2.45) is 0 Å². The molecule has 1 radical (unpaired) electrons. The first kappa shape index (κ1) is 8.18. The molecular formula is C6H9S2. The molecule has 0 aliphatic carbocycles. The third-order valence-electron chi connectivity index (χ3n) is 0.871. The fourth-order valence-electron chi connectivity index (χ4n) is 0.388. The van der Waals surface area contributed by atoms with Crippen LogP contribution < -0.4 is 0 Å². The van der Waals surface area contributed by atoms with Crippen molar-refractivity contribution >= 4 is 34.7 Å². The molecule has 0 heterocycles. The Morgan fingerprint density at radius 2 is 2.25 bits per heavy atom. The Morgan fingerprint density at radius 1 is 1.62 bits per heavy atom. The van der Waals surface area contributed by atoms with Crippen LogP contribution in [0.15, 0.2) is 0 Å². The molecule has 0 nitrogen and oxygen atoms in total.